The third-order valence-corrected chi connectivity index (χ3v) is 3.64. The van der Waals surface area contributed by atoms with E-state index in [1.807, 2.05) is 18.2 Å². The van der Waals surface area contributed by atoms with Crippen LogP contribution in [-0.2, 0) is 27.2 Å². The molecule has 0 saturated carbocycles. The molecule has 1 atom stereocenters. The van der Waals surface area contributed by atoms with Crippen molar-refractivity contribution in [1.29, 1.82) is 0 Å². The lowest BCUT2D eigenvalue weighted by Crippen LogP contribution is -2.50. The molecule has 0 N–H and O–H groups in total. The van der Waals surface area contributed by atoms with Crippen LogP contribution in [0.3, 0.4) is 0 Å². The van der Waals surface area contributed by atoms with Gasteiger partial charge in [0.25, 0.3) is 0 Å². The van der Waals surface area contributed by atoms with Crippen LogP contribution in [-0.4, -0.2) is 42.8 Å². The molecule has 0 saturated heterocycles. The molecule has 0 aliphatic carbocycles. The summed E-state index contributed by atoms with van der Waals surface area (Å²) in [5, 5.41) is 0. The third-order valence-electron chi connectivity index (χ3n) is 3.64. The first-order valence-corrected chi connectivity index (χ1v) is 7.48. The number of benzene rings is 1. The number of hydrogen-bond donors (Lipinski definition) is 0. The van der Waals surface area contributed by atoms with Crippen LogP contribution in [0.5, 0.6) is 5.75 Å². The number of rotatable bonds is 2. The van der Waals surface area contributed by atoms with Gasteiger partial charge >= 0.3 is 12.1 Å². The highest BCUT2D eigenvalue weighted by atomic mass is 16.6. The molecule has 1 amide bonds. The van der Waals surface area contributed by atoms with Crippen molar-refractivity contribution in [3.63, 3.8) is 0 Å². The van der Waals surface area contributed by atoms with Crippen LogP contribution in [0.4, 0.5) is 4.79 Å². The molecular formula is C17H23NO5. The molecule has 0 fully saturated rings. The van der Waals surface area contributed by atoms with Gasteiger partial charge in [-0.3, -0.25) is 4.90 Å². The average molecular weight is 321 g/mol. The predicted octanol–water partition coefficient (Wildman–Crippen LogP) is 2.53. The predicted molar refractivity (Wildman–Crippen MR) is 84.3 cm³/mol. The van der Waals surface area contributed by atoms with Crippen LogP contribution >= 0.6 is 0 Å². The Balaban J connectivity index is 2.32. The van der Waals surface area contributed by atoms with Crippen molar-refractivity contribution in [3.8, 4) is 5.75 Å². The van der Waals surface area contributed by atoms with Gasteiger partial charge in [0.2, 0.25) is 0 Å². The van der Waals surface area contributed by atoms with Gasteiger partial charge in [-0.05, 0) is 44.0 Å². The van der Waals surface area contributed by atoms with Gasteiger partial charge in [-0.15, -0.1) is 0 Å². The second-order valence-electron chi connectivity index (χ2n) is 6.49. The number of hydrogen-bond acceptors (Lipinski definition) is 5. The Bertz CT molecular complexity index is 605. The van der Waals surface area contributed by atoms with Crippen LogP contribution < -0.4 is 4.74 Å². The number of carbonyl (C=O) groups excluding carboxylic acids is 2. The maximum absolute atomic E-state index is 12.4. The molecule has 0 spiro atoms. The van der Waals surface area contributed by atoms with Crippen molar-refractivity contribution in [2.45, 2.75) is 45.4 Å². The Hall–Kier alpha value is -2.24. The van der Waals surface area contributed by atoms with Crippen LogP contribution in [0.2, 0.25) is 0 Å². The summed E-state index contributed by atoms with van der Waals surface area (Å²) in [6.45, 7) is 5.68. The number of carbonyl (C=O) groups is 2. The highest BCUT2D eigenvalue weighted by molar-refractivity contribution is 5.82. The molecule has 1 heterocycles. The maximum atomic E-state index is 12.4. The molecule has 1 aliphatic rings. The summed E-state index contributed by atoms with van der Waals surface area (Å²) in [5.41, 5.74) is 1.31. The fourth-order valence-corrected chi connectivity index (χ4v) is 2.54. The van der Waals surface area contributed by atoms with E-state index in [-0.39, 0.29) is 0 Å². The molecule has 0 bridgehead atoms. The maximum Gasteiger partial charge on any atom is 0.411 e. The minimum absolute atomic E-state index is 0.300. The Labute approximate surface area is 136 Å². The molecule has 0 aromatic heterocycles. The highest BCUT2D eigenvalue weighted by Crippen LogP contribution is 2.28. The molecule has 0 radical (unpaired) electrons. The van der Waals surface area contributed by atoms with Gasteiger partial charge in [0.1, 0.15) is 17.4 Å². The van der Waals surface area contributed by atoms with Gasteiger partial charge in [-0.25, -0.2) is 9.59 Å². The molecule has 23 heavy (non-hydrogen) atoms. The molecule has 1 aromatic carbocycles. The van der Waals surface area contributed by atoms with Crippen molar-refractivity contribution in [2.75, 3.05) is 14.2 Å². The molecule has 0 unspecified atom stereocenters. The second-order valence-corrected chi connectivity index (χ2v) is 6.49. The summed E-state index contributed by atoms with van der Waals surface area (Å²) in [4.78, 5) is 26.0. The molecule has 2 rings (SSSR count). The minimum Gasteiger partial charge on any atom is -0.497 e. The first-order chi connectivity index (χ1) is 10.7. The molecule has 6 heteroatoms. The number of ether oxygens (including phenoxy) is 3. The zero-order valence-electron chi connectivity index (χ0n) is 14.2. The first-order valence-electron chi connectivity index (χ1n) is 7.48. The zero-order chi connectivity index (χ0) is 17.2. The summed E-state index contributed by atoms with van der Waals surface area (Å²) in [7, 11) is 2.91. The van der Waals surface area contributed by atoms with E-state index in [9.17, 15) is 9.59 Å². The minimum atomic E-state index is -0.700. The van der Waals surface area contributed by atoms with E-state index in [0.29, 0.717) is 13.0 Å². The van der Waals surface area contributed by atoms with Crippen molar-refractivity contribution >= 4 is 12.1 Å². The van der Waals surface area contributed by atoms with Crippen molar-refractivity contribution in [1.82, 2.24) is 4.90 Å². The van der Waals surface area contributed by atoms with Gasteiger partial charge < -0.3 is 14.2 Å². The third kappa shape index (κ3) is 3.94. The number of esters is 1. The molecule has 126 valence electrons. The van der Waals surface area contributed by atoms with Crippen molar-refractivity contribution in [2.24, 2.45) is 0 Å². The van der Waals surface area contributed by atoms with E-state index in [0.717, 1.165) is 16.9 Å². The van der Waals surface area contributed by atoms with Gasteiger partial charge in [-0.2, -0.15) is 0 Å². The molecule has 6 nitrogen and oxygen atoms in total. The van der Waals surface area contributed by atoms with E-state index in [2.05, 4.69) is 0 Å². The van der Waals surface area contributed by atoms with E-state index in [1.54, 1.807) is 27.9 Å². The second kappa shape index (κ2) is 6.48. The number of nitrogens with zero attached hydrogens (tertiary/aromatic N) is 1. The molecular weight excluding hydrogens is 298 g/mol. The quantitative estimate of drug-likeness (QED) is 0.783. The smallest absolute Gasteiger partial charge is 0.411 e. The summed E-state index contributed by atoms with van der Waals surface area (Å²) in [6.07, 6.45) is -0.146. The lowest BCUT2D eigenvalue weighted by molar-refractivity contribution is -0.147. The van der Waals surface area contributed by atoms with E-state index < -0.39 is 23.7 Å². The molecule has 1 aromatic rings. The van der Waals surface area contributed by atoms with E-state index in [1.165, 1.54) is 12.0 Å². The lowest BCUT2D eigenvalue weighted by atomic mass is 9.94. The van der Waals surface area contributed by atoms with Crippen LogP contribution in [0.25, 0.3) is 0 Å². The average Bonchev–Trinajstić information content (AvgIpc) is 2.50. The first kappa shape index (κ1) is 17.1. The van der Waals surface area contributed by atoms with E-state index in [4.69, 9.17) is 14.2 Å². The monoisotopic (exact) mass is 321 g/mol. The summed E-state index contributed by atoms with van der Waals surface area (Å²) < 4.78 is 15.5. The standard InChI is InChI=1S/C17H23NO5/c1-17(2,3)23-16(20)18-10-11-6-7-13(21-4)8-12(11)9-14(18)15(19)22-5/h6-8,14H,9-10H2,1-5H3/t14-/m0/s1. The van der Waals surface area contributed by atoms with E-state index >= 15 is 0 Å². The molecule has 1 aliphatic heterocycles. The summed E-state index contributed by atoms with van der Waals surface area (Å²) in [6, 6.07) is 4.93. The summed E-state index contributed by atoms with van der Waals surface area (Å²) in [5.74, 6) is 0.266. The van der Waals surface area contributed by atoms with Gasteiger partial charge in [0, 0.05) is 6.42 Å². The number of amides is 1. The van der Waals surface area contributed by atoms with Crippen LogP contribution in [0.1, 0.15) is 31.9 Å². The Kier molecular flexibility index (Phi) is 4.82. The van der Waals surface area contributed by atoms with Crippen molar-refractivity contribution < 1.29 is 23.8 Å². The highest BCUT2D eigenvalue weighted by Gasteiger charge is 2.37. The lowest BCUT2D eigenvalue weighted by Gasteiger charge is -2.36. The van der Waals surface area contributed by atoms with Crippen molar-refractivity contribution in [3.05, 3.63) is 29.3 Å². The normalized spacial score (nSPS) is 17.3. The fourth-order valence-electron chi connectivity index (χ4n) is 2.54. The van der Waals surface area contributed by atoms with Crippen LogP contribution in [0, 0.1) is 0 Å². The largest absolute Gasteiger partial charge is 0.497 e. The van der Waals surface area contributed by atoms with Gasteiger partial charge in [-0.1, -0.05) is 6.07 Å². The number of fused-ring (bicyclic) bond motifs is 1. The van der Waals surface area contributed by atoms with Gasteiger partial charge in [0.05, 0.1) is 20.8 Å². The Morgan fingerprint density at radius 3 is 2.43 bits per heavy atom. The Morgan fingerprint density at radius 1 is 1.17 bits per heavy atom. The fraction of sp³-hybridized carbons (Fsp3) is 0.529. The number of methoxy groups -OCH3 is 2. The summed E-state index contributed by atoms with van der Waals surface area (Å²) >= 11 is 0. The zero-order valence-corrected chi connectivity index (χ0v) is 14.2. The Morgan fingerprint density at radius 2 is 1.87 bits per heavy atom. The van der Waals surface area contributed by atoms with Gasteiger partial charge in [0.15, 0.2) is 0 Å². The SMILES string of the molecule is COC(=O)[C@@H]1Cc2cc(OC)ccc2CN1C(=O)OC(C)(C)C. The van der Waals surface area contributed by atoms with Crippen LogP contribution in [0.15, 0.2) is 18.2 Å². The topological polar surface area (TPSA) is 65.1 Å².